The minimum atomic E-state index is -0.174. The predicted octanol–water partition coefficient (Wildman–Crippen LogP) is 3.37. The Kier molecular flexibility index (Phi) is 5.36. The minimum absolute atomic E-state index is 0. The molecule has 0 saturated carbocycles. The van der Waals surface area contributed by atoms with Crippen LogP contribution >= 0.6 is 12.4 Å². The van der Waals surface area contributed by atoms with Gasteiger partial charge in [-0.15, -0.1) is 12.4 Å². The van der Waals surface area contributed by atoms with Crippen LogP contribution in [0.25, 0.3) is 0 Å². The lowest BCUT2D eigenvalue weighted by Gasteiger charge is -2.45. The molecule has 1 aromatic carbocycles. The van der Waals surface area contributed by atoms with Crippen LogP contribution in [0.4, 0.5) is 4.39 Å². The number of halogens is 2. The first kappa shape index (κ1) is 16.4. The molecule has 0 amide bonds. The smallest absolute Gasteiger partial charge is 0.123 e. The van der Waals surface area contributed by atoms with Gasteiger partial charge in [0.2, 0.25) is 0 Å². The number of hydrogen-bond acceptors (Lipinski definition) is 2. The highest BCUT2D eigenvalue weighted by molar-refractivity contribution is 5.85. The van der Waals surface area contributed by atoms with Crippen molar-refractivity contribution >= 4 is 12.4 Å². The van der Waals surface area contributed by atoms with Gasteiger partial charge in [-0.3, -0.25) is 4.90 Å². The molecule has 2 atom stereocenters. The molecule has 0 spiro atoms. The highest BCUT2D eigenvalue weighted by Gasteiger charge is 2.35. The van der Waals surface area contributed by atoms with Crippen molar-refractivity contribution in [1.29, 1.82) is 0 Å². The molecule has 4 heteroatoms. The predicted molar refractivity (Wildman–Crippen MR) is 80.0 cm³/mol. The Morgan fingerprint density at radius 1 is 1.32 bits per heavy atom. The van der Waals surface area contributed by atoms with E-state index in [1.54, 1.807) is 0 Å². The quantitative estimate of drug-likeness (QED) is 0.903. The number of hydrogen-bond donors (Lipinski definition) is 1. The van der Waals surface area contributed by atoms with Gasteiger partial charge in [0.25, 0.3) is 0 Å². The zero-order valence-corrected chi connectivity index (χ0v) is 12.7. The summed E-state index contributed by atoms with van der Waals surface area (Å²) in [6.07, 6.45) is 1.03. The first-order chi connectivity index (χ1) is 8.40. The van der Waals surface area contributed by atoms with Gasteiger partial charge in [-0.1, -0.05) is 26.0 Å². The monoisotopic (exact) mass is 286 g/mol. The molecule has 1 aromatic rings. The fourth-order valence-corrected chi connectivity index (χ4v) is 2.70. The Hall–Kier alpha value is -0.640. The Bertz CT molecular complexity index is 405. The van der Waals surface area contributed by atoms with E-state index in [0.29, 0.717) is 6.04 Å². The minimum Gasteiger partial charge on any atom is -0.327 e. The first-order valence-corrected chi connectivity index (χ1v) is 6.65. The van der Waals surface area contributed by atoms with Crippen molar-refractivity contribution in [2.75, 3.05) is 13.1 Å². The van der Waals surface area contributed by atoms with Crippen LogP contribution in [0.3, 0.4) is 0 Å². The van der Waals surface area contributed by atoms with E-state index in [1.165, 1.54) is 17.7 Å². The average Bonchev–Trinajstić information content (AvgIpc) is 2.33. The molecule has 0 bridgehead atoms. The molecule has 2 nitrogen and oxygen atoms in total. The Balaban J connectivity index is 0.00000180. The van der Waals surface area contributed by atoms with Crippen molar-refractivity contribution in [1.82, 2.24) is 4.90 Å². The van der Waals surface area contributed by atoms with Crippen LogP contribution in [0.5, 0.6) is 0 Å². The molecule has 0 aliphatic carbocycles. The summed E-state index contributed by atoms with van der Waals surface area (Å²) in [6.45, 7) is 8.64. The van der Waals surface area contributed by atoms with Crippen LogP contribution in [0.2, 0.25) is 0 Å². The lowest BCUT2D eigenvalue weighted by Crippen LogP contribution is -2.52. The molecule has 1 aliphatic heterocycles. The number of likely N-dealkylation sites (tertiary alicyclic amines) is 1. The van der Waals surface area contributed by atoms with Crippen molar-refractivity contribution in [2.24, 2.45) is 11.1 Å². The molecule has 1 aliphatic rings. The molecule has 108 valence electrons. The van der Waals surface area contributed by atoms with E-state index < -0.39 is 0 Å². The van der Waals surface area contributed by atoms with Gasteiger partial charge in [-0.05, 0) is 36.5 Å². The van der Waals surface area contributed by atoms with Crippen molar-refractivity contribution in [3.63, 3.8) is 0 Å². The van der Waals surface area contributed by atoms with Gasteiger partial charge >= 0.3 is 0 Å². The second-order valence-corrected chi connectivity index (χ2v) is 6.08. The summed E-state index contributed by atoms with van der Waals surface area (Å²) in [7, 11) is 0. The van der Waals surface area contributed by atoms with Crippen molar-refractivity contribution in [3.8, 4) is 0 Å². The Labute approximate surface area is 121 Å². The normalized spacial score (nSPS) is 24.6. The number of piperidine rings is 1. The number of rotatable bonds is 2. The first-order valence-electron chi connectivity index (χ1n) is 6.65. The summed E-state index contributed by atoms with van der Waals surface area (Å²) in [5, 5.41) is 0. The van der Waals surface area contributed by atoms with E-state index in [-0.39, 0.29) is 29.7 Å². The van der Waals surface area contributed by atoms with Crippen molar-refractivity contribution in [2.45, 2.75) is 39.3 Å². The van der Waals surface area contributed by atoms with Gasteiger partial charge in [0.1, 0.15) is 5.82 Å². The van der Waals surface area contributed by atoms with E-state index >= 15 is 0 Å². The summed E-state index contributed by atoms with van der Waals surface area (Å²) in [6, 6.07) is 7.41. The van der Waals surface area contributed by atoms with Crippen molar-refractivity contribution in [3.05, 3.63) is 35.6 Å². The van der Waals surface area contributed by atoms with Crippen LogP contribution < -0.4 is 5.73 Å². The van der Waals surface area contributed by atoms with E-state index in [2.05, 4.69) is 25.7 Å². The summed E-state index contributed by atoms with van der Waals surface area (Å²) >= 11 is 0. The van der Waals surface area contributed by atoms with Crippen molar-refractivity contribution < 1.29 is 4.39 Å². The highest BCUT2D eigenvalue weighted by Crippen LogP contribution is 2.32. The van der Waals surface area contributed by atoms with Gasteiger partial charge in [0.15, 0.2) is 0 Å². The van der Waals surface area contributed by atoms with E-state index in [1.807, 2.05) is 12.1 Å². The zero-order valence-electron chi connectivity index (χ0n) is 11.9. The second kappa shape index (κ2) is 6.21. The van der Waals surface area contributed by atoms with E-state index in [9.17, 15) is 4.39 Å². The lowest BCUT2D eigenvalue weighted by molar-refractivity contribution is 0.0664. The molecule has 1 saturated heterocycles. The maximum atomic E-state index is 12.9. The standard InChI is InChI=1S/C15H23FN2.ClH/c1-11(12-4-6-13(16)7-5-12)18-9-8-14(17)15(2,3)10-18;/h4-7,11,14H,8-10,17H2,1-3H3;1H. The van der Waals surface area contributed by atoms with Gasteiger partial charge < -0.3 is 5.73 Å². The third kappa shape index (κ3) is 3.68. The zero-order chi connectivity index (χ0) is 13.3. The van der Waals surface area contributed by atoms with Crippen LogP contribution in [0.1, 0.15) is 38.8 Å². The molecular weight excluding hydrogens is 263 g/mol. The molecule has 19 heavy (non-hydrogen) atoms. The SMILES string of the molecule is CC(c1ccc(F)cc1)N1CCC(N)C(C)(C)C1.Cl. The Morgan fingerprint density at radius 2 is 1.89 bits per heavy atom. The highest BCUT2D eigenvalue weighted by atomic mass is 35.5. The number of nitrogens with two attached hydrogens (primary N) is 1. The van der Waals surface area contributed by atoms with E-state index in [0.717, 1.165) is 19.5 Å². The van der Waals surface area contributed by atoms with Crippen LogP contribution in [0.15, 0.2) is 24.3 Å². The second-order valence-electron chi connectivity index (χ2n) is 6.08. The third-order valence-electron chi connectivity index (χ3n) is 4.24. The molecule has 2 unspecified atom stereocenters. The summed E-state index contributed by atoms with van der Waals surface area (Å²) in [5.41, 5.74) is 7.47. The third-order valence-corrected chi connectivity index (χ3v) is 4.24. The maximum Gasteiger partial charge on any atom is 0.123 e. The fraction of sp³-hybridized carbons (Fsp3) is 0.600. The lowest BCUT2D eigenvalue weighted by atomic mass is 9.79. The Morgan fingerprint density at radius 3 is 2.42 bits per heavy atom. The summed E-state index contributed by atoms with van der Waals surface area (Å²) in [4.78, 5) is 2.44. The molecule has 1 heterocycles. The van der Waals surface area contributed by atoms with Gasteiger partial charge in [-0.2, -0.15) is 0 Å². The molecule has 2 N–H and O–H groups in total. The van der Waals surface area contributed by atoms with Crippen LogP contribution in [-0.4, -0.2) is 24.0 Å². The van der Waals surface area contributed by atoms with Crippen LogP contribution in [-0.2, 0) is 0 Å². The van der Waals surface area contributed by atoms with E-state index in [4.69, 9.17) is 5.73 Å². The van der Waals surface area contributed by atoms with Gasteiger partial charge in [0.05, 0.1) is 0 Å². The maximum absolute atomic E-state index is 12.9. The number of benzene rings is 1. The topological polar surface area (TPSA) is 29.3 Å². The molecule has 0 radical (unpaired) electrons. The largest absolute Gasteiger partial charge is 0.327 e. The van der Waals surface area contributed by atoms with Gasteiger partial charge in [0, 0.05) is 25.2 Å². The molecule has 1 fully saturated rings. The number of nitrogens with zero attached hydrogens (tertiary/aromatic N) is 1. The van der Waals surface area contributed by atoms with Crippen LogP contribution in [0, 0.1) is 11.2 Å². The molecular formula is C15H24ClFN2. The summed E-state index contributed by atoms with van der Waals surface area (Å²) < 4.78 is 12.9. The fourth-order valence-electron chi connectivity index (χ4n) is 2.70. The summed E-state index contributed by atoms with van der Waals surface area (Å²) in [5.74, 6) is -0.174. The molecule has 0 aromatic heterocycles. The molecule has 2 rings (SSSR count). The average molecular weight is 287 g/mol. The van der Waals surface area contributed by atoms with Gasteiger partial charge in [-0.25, -0.2) is 4.39 Å².